The van der Waals surface area contributed by atoms with Crippen LogP contribution < -0.4 is 15.5 Å². The summed E-state index contributed by atoms with van der Waals surface area (Å²) in [7, 11) is 0. The molecule has 2 fully saturated rings. The number of carbonyl (C=O) groups excluding carboxylic acids is 2. The number of amides is 2. The standard InChI is InChI=1S/C24H37N3O3/c1-17-9-11-27(12-10-17)21-8-7-18(26-22(28)15-24(2,3)4)14-20(21)23(29)25-16-19-6-5-13-30-19/h7-8,14,17,19H,5-6,9-13,15-16H2,1-4H3,(H,25,29)(H,26,28)/t19-/m0/s1. The van der Waals surface area contributed by atoms with Gasteiger partial charge in [0.1, 0.15) is 0 Å². The molecule has 0 saturated carbocycles. The molecule has 6 heteroatoms. The van der Waals surface area contributed by atoms with Crippen LogP contribution in [0.2, 0.25) is 0 Å². The summed E-state index contributed by atoms with van der Waals surface area (Å²) in [6.07, 6.45) is 4.82. The van der Waals surface area contributed by atoms with Gasteiger partial charge in [0.25, 0.3) is 5.91 Å². The second-order valence-corrected chi connectivity index (χ2v) is 10.0. The van der Waals surface area contributed by atoms with E-state index < -0.39 is 0 Å². The predicted molar refractivity (Wildman–Crippen MR) is 121 cm³/mol. The molecule has 166 valence electrons. The Morgan fingerprint density at radius 3 is 2.53 bits per heavy atom. The number of nitrogens with zero attached hydrogens (tertiary/aromatic N) is 1. The normalized spacial score (nSPS) is 20.3. The van der Waals surface area contributed by atoms with Crippen LogP contribution in [0.15, 0.2) is 18.2 Å². The maximum Gasteiger partial charge on any atom is 0.253 e. The first kappa shape index (κ1) is 22.6. The highest BCUT2D eigenvalue weighted by atomic mass is 16.5. The number of nitrogens with one attached hydrogen (secondary N) is 2. The number of anilines is 2. The molecule has 1 aromatic rings. The van der Waals surface area contributed by atoms with Crippen LogP contribution in [-0.2, 0) is 9.53 Å². The molecule has 30 heavy (non-hydrogen) atoms. The SMILES string of the molecule is CC1CCN(c2ccc(NC(=O)CC(C)(C)C)cc2C(=O)NC[C@@H]2CCCO2)CC1. The highest BCUT2D eigenvalue weighted by molar-refractivity contribution is 6.02. The monoisotopic (exact) mass is 415 g/mol. The Morgan fingerprint density at radius 2 is 1.90 bits per heavy atom. The summed E-state index contributed by atoms with van der Waals surface area (Å²) in [5.74, 6) is 0.577. The number of rotatable bonds is 6. The quantitative estimate of drug-likeness (QED) is 0.730. The minimum Gasteiger partial charge on any atom is -0.376 e. The summed E-state index contributed by atoms with van der Waals surface area (Å²) >= 11 is 0. The maximum absolute atomic E-state index is 13.1. The predicted octanol–water partition coefficient (Wildman–Crippen LogP) is 4.21. The van der Waals surface area contributed by atoms with E-state index in [1.807, 2.05) is 39.0 Å². The van der Waals surface area contributed by atoms with Crippen LogP contribution in [0.3, 0.4) is 0 Å². The molecule has 0 aromatic heterocycles. The lowest BCUT2D eigenvalue weighted by atomic mass is 9.92. The van der Waals surface area contributed by atoms with Gasteiger partial charge < -0.3 is 20.3 Å². The van der Waals surface area contributed by atoms with Crippen LogP contribution in [-0.4, -0.2) is 44.2 Å². The first-order chi connectivity index (χ1) is 14.2. The summed E-state index contributed by atoms with van der Waals surface area (Å²) in [5.41, 5.74) is 2.15. The number of piperidine rings is 1. The fraction of sp³-hybridized carbons (Fsp3) is 0.667. The van der Waals surface area contributed by atoms with Gasteiger partial charge in [0, 0.05) is 44.0 Å². The van der Waals surface area contributed by atoms with Crippen molar-refractivity contribution in [2.75, 3.05) is 36.5 Å². The number of hydrogen-bond donors (Lipinski definition) is 2. The molecule has 2 amide bonds. The van der Waals surface area contributed by atoms with Crippen LogP contribution in [0.25, 0.3) is 0 Å². The summed E-state index contributed by atoms with van der Waals surface area (Å²) in [6, 6.07) is 5.70. The van der Waals surface area contributed by atoms with Crippen molar-refractivity contribution in [3.8, 4) is 0 Å². The fourth-order valence-electron chi connectivity index (χ4n) is 4.11. The van der Waals surface area contributed by atoms with E-state index in [0.717, 1.165) is 51.1 Å². The van der Waals surface area contributed by atoms with E-state index >= 15 is 0 Å². The van der Waals surface area contributed by atoms with Crippen molar-refractivity contribution >= 4 is 23.2 Å². The maximum atomic E-state index is 13.1. The molecule has 2 N–H and O–H groups in total. The summed E-state index contributed by atoms with van der Waals surface area (Å²) in [4.78, 5) is 27.8. The third-order valence-corrected chi connectivity index (χ3v) is 5.85. The van der Waals surface area contributed by atoms with Crippen LogP contribution in [0.1, 0.15) is 70.2 Å². The lowest BCUT2D eigenvalue weighted by Crippen LogP contribution is -2.36. The van der Waals surface area contributed by atoms with Crippen molar-refractivity contribution in [2.45, 2.75) is 65.9 Å². The summed E-state index contributed by atoms with van der Waals surface area (Å²) < 4.78 is 5.64. The summed E-state index contributed by atoms with van der Waals surface area (Å²) in [6.45, 7) is 11.6. The zero-order valence-corrected chi connectivity index (χ0v) is 18.9. The number of hydrogen-bond acceptors (Lipinski definition) is 4. The molecule has 2 aliphatic heterocycles. The molecule has 2 heterocycles. The van der Waals surface area contributed by atoms with Crippen molar-refractivity contribution < 1.29 is 14.3 Å². The smallest absolute Gasteiger partial charge is 0.253 e. The lowest BCUT2D eigenvalue weighted by molar-refractivity contribution is -0.117. The first-order valence-electron chi connectivity index (χ1n) is 11.3. The molecule has 0 bridgehead atoms. The number of benzene rings is 1. The van der Waals surface area contributed by atoms with E-state index in [0.29, 0.717) is 30.1 Å². The molecule has 3 rings (SSSR count). The fourth-order valence-corrected chi connectivity index (χ4v) is 4.11. The molecule has 1 aromatic carbocycles. The Morgan fingerprint density at radius 1 is 1.17 bits per heavy atom. The molecule has 0 radical (unpaired) electrons. The van der Waals surface area contributed by atoms with Crippen molar-refractivity contribution in [3.63, 3.8) is 0 Å². The largest absolute Gasteiger partial charge is 0.376 e. The highest BCUT2D eigenvalue weighted by Gasteiger charge is 2.24. The van der Waals surface area contributed by atoms with E-state index in [-0.39, 0.29) is 23.3 Å². The van der Waals surface area contributed by atoms with Gasteiger partial charge in [-0.15, -0.1) is 0 Å². The zero-order valence-electron chi connectivity index (χ0n) is 18.9. The molecule has 0 aliphatic carbocycles. The third-order valence-electron chi connectivity index (χ3n) is 5.85. The van der Waals surface area contributed by atoms with E-state index in [1.165, 1.54) is 0 Å². The van der Waals surface area contributed by atoms with E-state index in [1.54, 1.807) is 0 Å². The second kappa shape index (κ2) is 9.82. The molecule has 0 spiro atoms. The van der Waals surface area contributed by atoms with Gasteiger partial charge in [0.05, 0.1) is 11.7 Å². The topological polar surface area (TPSA) is 70.7 Å². The van der Waals surface area contributed by atoms with Gasteiger partial charge in [-0.2, -0.15) is 0 Å². The Hall–Kier alpha value is -2.08. The van der Waals surface area contributed by atoms with Gasteiger partial charge in [-0.05, 0) is 55.2 Å². The molecule has 2 saturated heterocycles. The second-order valence-electron chi connectivity index (χ2n) is 10.0. The Labute approximate surface area is 180 Å². The van der Waals surface area contributed by atoms with Gasteiger partial charge in [-0.3, -0.25) is 9.59 Å². The van der Waals surface area contributed by atoms with Crippen molar-refractivity contribution in [1.82, 2.24) is 5.32 Å². The van der Waals surface area contributed by atoms with E-state index in [4.69, 9.17) is 4.74 Å². The van der Waals surface area contributed by atoms with Gasteiger partial charge in [-0.25, -0.2) is 0 Å². The summed E-state index contributed by atoms with van der Waals surface area (Å²) in [5, 5.41) is 6.01. The van der Waals surface area contributed by atoms with Gasteiger partial charge in [0.15, 0.2) is 0 Å². The van der Waals surface area contributed by atoms with Crippen LogP contribution in [0.4, 0.5) is 11.4 Å². The van der Waals surface area contributed by atoms with Gasteiger partial charge in [0.2, 0.25) is 5.91 Å². The average Bonchev–Trinajstić information content (AvgIpc) is 3.19. The van der Waals surface area contributed by atoms with Crippen LogP contribution in [0.5, 0.6) is 0 Å². The van der Waals surface area contributed by atoms with Crippen molar-refractivity contribution in [3.05, 3.63) is 23.8 Å². The first-order valence-corrected chi connectivity index (χ1v) is 11.3. The van der Waals surface area contributed by atoms with Crippen LogP contribution >= 0.6 is 0 Å². The molecule has 0 unspecified atom stereocenters. The highest BCUT2D eigenvalue weighted by Crippen LogP contribution is 2.29. The molecule has 1 atom stereocenters. The van der Waals surface area contributed by atoms with E-state index in [2.05, 4.69) is 22.5 Å². The lowest BCUT2D eigenvalue weighted by Gasteiger charge is -2.33. The minimum absolute atomic E-state index is 0.0345. The third kappa shape index (κ3) is 6.46. The average molecular weight is 416 g/mol. The molecular formula is C24H37N3O3. The Bertz CT molecular complexity index is 743. The molecule has 6 nitrogen and oxygen atoms in total. The van der Waals surface area contributed by atoms with Gasteiger partial charge >= 0.3 is 0 Å². The Balaban J connectivity index is 1.77. The van der Waals surface area contributed by atoms with Crippen LogP contribution in [0, 0.1) is 11.3 Å². The Kier molecular flexibility index (Phi) is 7.40. The zero-order chi connectivity index (χ0) is 21.7. The molecular weight excluding hydrogens is 378 g/mol. The molecule has 2 aliphatic rings. The minimum atomic E-state index is -0.106. The van der Waals surface area contributed by atoms with Crippen molar-refractivity contribution in [1.29, 1.82) is 0 Å². The van der Waals surface area contributed by atoms with E-state index in [9.17, 15) is 9.59 Å². The van der Waals surface area contributed by atoms with Crippen molar-refractivity contribution in [2.24, 2.45) is 11.3 Å². The van der Waals surface area contributed by atoms with Gasteiger partial charge in [-0.1, -0.05) is 27.7 Å². The number of carbonyl (C=O) groups is 2. The number of ether oxygens (including phenoxy) is 1.